The lowest BCUT2D eigenvalue weighted by molar-refractivity contribution is -0.126. The lowest BCUT2D eigenvalue weighted by Gasteiger charge is -2.25. The minimum atomic E-state index is -0.0707. The van der Waals surface area contributed by atoms with Crippen molar-refractivity contribution in [3.8, 4) is 0 Å². The summed E-state index contributed by atoms with van der Waals surface area (Å²) < 4.78 is 0. The van der Waals surface area contributed by atoms with E-state index in [1.807, 2.05) is 19.1 Å². The van der Waals surface area contributed by atoms with Crippen LogP contribution in [0.1, 0.15) is 22.8 Å². The molecule has 5 heteroatoms. The van der Waals surface area contributed by atoms with Crippen LogP contribution < -0.4 is 16.0 Å². The van der Waals surface area contributed by atoms with Gasteiger partial charge in [0.15, 0.2) is 0 Å². The third kappa shape index (κ3) is 3.54. The molecule has 0 aliphatic carbocycles. The Morgan fingerprint density at radius 3 is 2.42 bits per heavy atom. The summed E-state index contributed by atoms with van der Waals surface area (Å²) in [5, 5.41) is 8.71. The molecule has 2 amide bonds. The molecule has 1 heterocycles. The van der Waals surface area contributed by atoms with Gasteiger partial charge >= 0.3 is 0 Å². The fraction of sp³-hybridized carbons (Fsp3) is 0.429. The lowest BCUT2D eigenvalue weighted by Crippen LogP contribution is -2.50. The van der Waals surface area contributed by atoms with Gasteiger partial charge in [-0.2, -0.15) is 0 Å². The second-order valence-electron chi connectivity index (χ2n) is 4.63. The van der Waals surface area contributed by atoms with Gasteiger partial charge in [0.1, 0.15) is 0 Å². The predicted octanol–water partition coefficient (Wildman–Crippen LogP) is 0.272. The number of hydrogen-bond donors (Lipinski definition) is 3. The van der Waals surface area contributed by atoms with Gasteiger partial charge in [0.05, 0.1) is 5.92 Å². The van der Waals surface area contributed by atoms with Gasteiger partial charge in [-0.05, 0) is 24.6 Å². The SMILES string of the molecule is CCNC(=O)c1ccc(CNC(=O)C2CNC2)cc1. The van der Waals surface area contributed by atoms with Crippen LogP contribution in [-0.2, 0) is 11.3 Å². The number of hydrogen-bond acceptors (Lipinski definition) is 3. The van der Waals surface area contributed by atoms with E-state index in [9.17, 15) is 9.59 Å². The van der Waals surface area contributed by atoms with E-state index in [0.717, 1.165) is 18.7 Å². The zero-order chi connectivity index (χ0) is 13.7. The zero-order valence-corrected chi connectivity index (χ0v) is 11.0. The van der Waals surface area contributed by atoms with E-state index in [2.05, 4.69) is 16.0 Å². The Kier molecular flexibility index (Phi) is 4.52. The fourth-order valence-electron chi connectivity index (χ4n) is 1.84. The molecule has 0 atom stereocenters. The first-order valence-corrected chi connectivity index (χ1v) is 6.56. The van der Waals surface area contributed by atoms with Crippen molar-refractivity contribution >= 4 is 11.8 Å². The summed E-state index contributed by atoms with van der Waals surface area (Å²) in [5.41, 5.74) is 1.63. The van der Waals surface area contributed by atoms with Gasteiger partial charge in [-0.15, -0.1) is 0 Å². The molecule has 1 saturated heterocycles. The third-order valence-corrected chi connectivity index (χ3v) is 3.17. The number of carbonyl (C=O) groups is 2. The Morgan fingerprint density at radius 1 is 1.21 bits per heavy atom. The van der Waals surface area contributed by atoms with Gasteiger partial charge in [-0.3, -0.25) is 9.59 Å². The summed E-state index contributed by atoms with van der Waals surface area (Å²) in [5.74, 6) is 0.125. The van der Waals surface area contributed by atoms with Crippen molar-refractivity contribution in [3.63, 3.8) is 0 Å². The molecule has 0 bridgehead atoms. The molecule has 1 fully saturated rings. The zero-order valence-electron chi connectivity index (χ0n) is 11.0. The van der Waals surface area contributed by atoms with Crippen molar-refractivity contribution in [2.24, 2.45) is 5.92 Å². The molecule has 0 spiro atoms. The lowest BCUT2D eigenvalue weighted by atomic mass is 10.0. The normalized spacial score (nSPS) is 14.6. The minimum absolute atomic E-state index is 0.0707. The van der Waals surface area contributed by atoms with Crippen LogP contribution in [0.2, 0.25) is 0 Å². The maximum absolute atomic E-state index is 11.6. The second kappa shape index (κ2) is 6.33. The first-order chi connectivity index (χ1) is 9.20. The van der Waals surface area contributed by atoms with Crippen LogP contribution in [0.15, 0.2) is 24.3 Å². The summed E-state index contributed by atoms with van der Waals surface area (Å²) in [4.78, 5) is 23.2. The Labute approximate surface area is 112 Å². The summed E-state index contributed by atoms with van der Waals surface area (Å²) in [7, 11) is 0. The first-order valence-electron chi connectivity index (χ1n) is 6.56. The molecule has 102 valence electrons. The Bertz CT molecular complexity index is 452. The summed E-state index contributed by atoms with van der Waals surface area (Å²) in [6.07, 6.45) is 0. The molecule has 19 heavy (non-hydrogen) atoms. The van der Waals surface area contributed by atoms with Crippen LogP contribution in [0, 0.1) is 5.92 Å². The number of carbonyl (C=O) groups excluding carboxylic acids is 2. The molecule has 1 aromatic carbocycles. The fourth-order valence-corrected chi connectivity index (χ4v) is 1.84. The van der Waals surface area contributed by atoms with E-state index in [-0.39, 0.29) is 17.7 Å². The molecule has 0 saturated carbocycles. The number of nitrogens with one attached hydrogen (secondary N) is 3. The smallest absolute Gasteiger partial charge is 0.251 e. The minimum Gasteiger partial charge on any atom is -0.352 e. The molecule has 1 aromatic rings. The van der Waals surface area contributed by atoms with Gasteiger partial charge < -0.3 is 16.0 Å². The number of rotatable bonds is 5. The van der Waals surface area contributed by atoms with Crippen molar-refractivity contribution in [2.75, 3.05) is 19.6 Å². The Morgan fingerprint density at radius 2 is 1.89 bits per heavy atom. The van der Waals surface area contributed by atoms with Gasteiger partial charge in [-0.25, -0.2) is 0 Å². The highest BCUT2D eigenvalue weighted by Crippen LogP contribution is 2.06. The molecule has 3 N–H and O–H groups in total. The van der Waals surface area contributed by atoms with E-state index < -0.39 is 0 Å². The first kappa shape index (κ1) is 13.5. The molecule has 0 radical (unpaired) electrons. The monoisotopic (exact) mass is 261 g/mol. The molecular weight excluding hydrogens is 242 g/mol. The van der Waals surface area contributed by atoms with Gasteiger partial charge in [-0.1, -0.05) is 12.1 Å². The largest absolute Gasteiger partial charge is 0.352 e. The van der Waals surface area contributed by atoms with Crippen LogP contribution in [-0.4, -0.2) is 31.4 Å². The molecule has 1 aliphatic rings. The van der Waals surface area contributed by atoms with Crippen LogP contribution in [0.4, 0.5) is 0 Å². The highest BCUT2D eigenvalue weighted by atomic mass is 16.2. The highest BCUT2D eigenvalue weighted by Gasteiger charge is 2.24. The van der Waals surface area contributed by atoms with Crippen LogP contribution in [0.5, 0.6) is 0 Å². The van der Waals surface area contributed by atoms with Crippen LogP contribution >= 0.6 is 0 Å². The maximum atomic E-state index is 11.6. The van der Waals surface area contributed by atoms with Crippen LogP contribution in [0.25, 0.3) is 0 Å². The average Bonchev–Trinajstić information content (AvgIpc) is 2.35. The standard InChI is InChI=1S/C14H19N3O2/c1-2-16-13(18)11-5-3-10(4-6-11)7-17-14(19)12-8-15-9-12/h3-6,12,15H,2,7-9H2,1H3,(H,16,18)(H,17,19). The third-order valence-electron chi connectivity index (χ3n) is 3.17. The quantitative estimate of drug-likeness (QED) is 0.712. The van der Waals surface area contributed by atoms with Gasteiger partial charge in [0.2, 0.25) is 5.91 Å². The van der Waals surface area contributed by atoms with E-state index in [0.29, 0.717) is 18.7 Å². The van der Waals surface area contributed by atoms with E-state index in [1.54, 1.807) is 12.1 Å². The summed E-state index contributed by atoms with van der Waals surface area (Å²) in [6.45, 7) is 4.54. The Hall–Kier alpha value is -1.88. The highest BCUT2D eigenvalue weighted by molar-refractivity contribution is 5.94. The van der Waals surface area contributed by atoms with Crippen molar-refractivity contribution in [3.05, 3.63) is 35.4 Å². The van der Waals surface area contributed by atoms with Gasteiger partial charge in [0, 0.05) is 31.7 Å². The molecule has 2 rings (SSSR count). The molecule has 0 unspecified atom stereocenters. The molecule has 1 aliphatic heterocycles. The molecular formula is C14H19N3O2. The topological polar surface area (TPSA) is 70.2 Å². The Balaban J connectivity index is 1.84. The van der Waals surface area contributed by atoms with Crippen molar-refractivity contribution in [2.45, 2.75) is 13.5 Å². The summed E-state index contributed by atoms with van der Waals surface area (Å²) >= 11 is 0. The molecule has 5 nitrogen and oxygen atoms in total. The summed E-state index contributed by atoms with van der Waals surface area (Å²) in [6, 6.07) is 7.28. The number of amides is 2. The maximum Gasteiger partial charge on any atom is 0.251 e. The number of benzene rings is 1. The van der Waals surface area contributed by atoms with E-state index in [4.69, 9.17) is 0 Å². The van der Waals surface area contributed by atoms with E-state index >= 15 is 0 Å². The predicted molar refractivity (Wildman–Crippen MR) is 72.7 cm³/mol. The van der Waals surface area contributed by atoms with Crippen molar-refractivity contribution in [1.82, 2.24) is 16.0 Å². The average molecular weight is 261 g/mol. The van der Waals surface area contributed by atoms with Crippen LogP contribution in [0.3, 0.4) is 0 Å². The molecule has 0 aromatic heterocycles. The van der Waals surface area contributed by atoms with Gasteiger partial charge in [0.25, 0.3) is 5.91 Å². The second-order valence-corrected chi connectivity index (χ2v) is 4.63. The van der Waals surface area contributed by atoms with Crippen molar-refractivity contribution < 1.29 is 9.59 Å². The van der Waals surface area contributed by atoms with E-state index in [1.165, 1.54) is 0 Å². The van der Waals surface area contributed by atoms with Crippen molar-refractivity contribution in [1.29, 1.82) is 0 Å².